The lowest BCUT2D eigenvalue weighted by atomic mass is 10.2. The van der Waals surface area contributed by atoms with Crippen LogP contribution in [0.25, 0.3) is 0 Å². The topological polar surface area (TPSA) is 76.8 Å². The number of carbonyl (C=O) groups excluding carboxylic acids is 1. The number of nitrogens with one attached hydrogen (secondary N) is 2. The second-order valence-electron chi connectivity index (χ2n) is 6.67. The van der Waals surface area contributed by atoms with Crippen LogP contribution >= 0.6 is 0 Å². The molecule has 3 rings (SSSR count). The summed E-state index contributed by atoms with van der Waals surface area (Å²) in [6.07, 6.45) is 10.4. The number of carbonyl (C=O) groups is 1. The fourth-order valence-electron chi connectivity index (χ4n) is 3.22. The molecule has 2 aromatic rings. The van der Waals surface area contributed by atoms with E-state index in [0.29, 0.717) is 6.04 Å². The van der Waals surface area contributed by atoms with Crippen molar-refractivity contribution in [3.63, 3.8) is 0 Å². The molecule has 0 bridgehead atoms. The van der Waals surface area contributed by atoms with Crippen molar-refractivity contribution in [2.45, 2.75) is 58.2 Å². The molecule has 2 aromatic heterocycles. The van der Waals surface area contributed by atoms with E-state index in [2.05, 4.69) is 20.8 Å². The molecule has 2 heterocycles. The lowest BCUT2D eigenvalue weighted by Gasteiger charge is -2.16. The molecular weight excluding hydrogens is 304 g/mol. The molecular formula is C17H26N6O. The van der Waals surface area contributed by atoms with Gasteiger partial charge in [0.25, 0.3) is 0 Å². The summed E-state index contributed by atoms with van der Waals surface area (Å²) in [5.41, 5.74) is 1.14. The van der Waals surface area contributed by atoms with E-state index in [0.717, 1.165) is 30.8 Å². The maximum absolute atomic E-state index is 12.2. The molecule has 2 N–H and O–H groups in total. The monoisotopic (exact) mass is 330 g/mol. The van der Waals surface area contributed by atoms with Crippen molar-refractivity contribution in [2.24, 2.45) is 0 Å². The van der Waals surface area contributed by atoms with E-state index in [4.69, 9.17) is 0 Å². The van der Waals surface area contributed by atoms with Crippen LogP contribution in [0.2, 0.25) is 0 Å². The van der Waals surface area contributed by atoms with Crippen molar-refractivity contribution in [3.8, 4) is 0 Å². The predicted molar refractivity (Wildman–Crippen MR) is 92.8 cm³/mol. The Labute approximate surface area is 142 Å². The van der Waals surface area contributed by atoms with Gasteiger partial charge >= 0.3 is 0 Å². The molecule has 1 fully saturated rings. The van der Waals surface area contributed by atoms with Crippen LogP contribution in [0.3, 0.4) is 0 Å². The van der Waals surface area contributed by atoms with Gasteiger partial charge in [-0.2, -0.15) is 10.2 Å². The van der Waals surface area contributed by atoms with Gasteiger partial charge in [0.15, 0.2) is 0 Å². The van der Waals surface area contributed by atoms with Gasteiger partial charge in [0.05, 0.1) is 31.5 Å². The van der Waals surface area contributed by atoms with Crippen LogP contribution in [-0.4, -0.2) is 38.1 Å². The molecule has 0 aromatic carbocycles. The highest BCUT2D eigenvalue weighted by molar-refractivity contribution is 5.91. The van der Waals surface area contributed by atoms with Crippen molar-refractivity contribution in [1.82, 2.24) is 24.9 Å². The number of hydrogen-bond acceptors (Lipinski definition) is 4. The Morgan fingerprint density at radius 1 is 1.38 bits per heavy atom. The van der Waals surface area contributed by atoms with Gasteiger partial charge in [-0.25, -0.2) is 4.68 Å². The summed E-state index contributed by atoms with van der Waals surface area (Å²) in [6.45, 7) is 5.08. The fraction of sp³-hybridized carbons (Fsp3) is 0.588. The first-order valence-corrected chi connectivity index (χ1v) is 8.67. The molecule has 0 spiro atoms. The maximum atomic E-state index is 12.2. The molecule has 7 nitrogen and oxygen atoms in total. The number of nitrogens with zero attached hydrogens (tertiary/aromatic N) is 4. The van der Waals surface area contributed by atoms with E-state index in [1.54, 1.807) is 6.20 Å². The van der Waals surface area contributed by atoms with Gasteiger partial charge in [0, 0.05) is 18.3 Å². The van der Waals surface area contributed by atoms with Gasteiger partial charge in [0.1, 0.15) is 5.82 Å². The third kappa shape index (κ3) is 4.23. The van der Waals surface area contributed by atoms with E-state index in [1.165, 1.54) is 12.8 Å². The highest BCUT2D eigenvalue weighted by Crippen LogP contribution is 2.31. The molecule has 1 amide bonds. The first kappa shape index (κ1) is 16.7. The van der Waals surface area contributed by atoms with Gasteiger partial charge in [-0.05, 0) is 32.3 Å². The van der Waals surface area contributed by atoms with Crippen molar-refractivity contribution in [1.29, 1.82) is 0 Å². The third-order valence-corrected chi connectivity index (χ3v) is 4.44. The van der Waals surface area contributed by atoms with Crippen LogP contribution in [0.4, 0.5) is 5.82 Å². The zero-order valence-electron chi connectivity index (χ0n) is 14.4. The summed E-state index contributed by atoms with van der Waals surface area (Å²) >= 11 is 0. The largest absolute Gasteiger partial charge is 0.310 e. The summed E-state index contributed by atoms with van der Waals surface area (Å²) in [7, 11) is 0. The number of aromatic nitrogens is 4. The second kappa shape index (κ2) is 7.61. The van der Waals surface area contributed by atoms with Gasteiger partial charge in [-0.3, -0.25) is 9.48 Å². The van der Waals surface area contributed by atoms with Crippen molar-refractivity contribution < 1.29 is 4.79 Å². The van der Waals surface area contributed by atoms with Crippen LogP contribution in [0, 0.1) is 6.92 Å². The standard InChI is InChI=1S/C17H26N6O/c1-13-9-20-22(11-13)12-14(2)18-10-17(24)21-16-7-8-19-23(16)15-5-3-4-6-15/h7-9,11,14-15,18H,3-6,10,12H2,1-2H3,(H,21,24). The average molecular weight is 330 g/mol. The third-order valence-electron chi connectivity index (χ3n) is 4.44. The first-order valence-electron chi connectivity index (χ1n) is 8.67. The van der Waals surface area contributed by atoms with Crippen LogP contribution in [0.5, 0.6) is 0 Å². The van der Waals surface area contributed by atoms with Gasteiger partial charge < -0.3 is 10.6 Å². The van der Waals surface area contributed by atoms with Crippen LogP contribution in [-0.2, 0) is 11.3 Å². The summed E-state index contributed by atoms with van der Waals surface area (Å²) in [5.74, 6) is 0.752. The molecule has 1 unspecified atom stereocenters. The molecule has 24 heavy (non-hydrogen) atoms. The van der Waals surface area contributed by atoms with E-state index in [9.17, 15) is 4.79 Å². The Balaban J connectivity index is 1.46. The lowest BCUT2D eigenvalue weighted by molar-refractivity contribution is -0.115. The number of amides is 1. The number of hydrogen-bond donors (Lipinski definition) is 2. The van der Waals surface area contributed by atoms with Crippen molar-refractivity contribution in [2.75, 3.05) is 11.9 Å². The molecule has 0 saturated heterocycles. The quantitative estimate of drug-likeness (QED) is 0.815. The fourth-order valence-corrected chi connectivity index (χ4v) is 3.22. The van der Waals surface area contributed by atoms with E-state index < -0.39 is 0 Å². The van der Waals surface area contributed by atoms with E-state index >= 15 is 0 Å². The molecule has 1 aliphatic carbocycles. The highest BCUT2D eigenvalue weighted by atomic mass is 16.2. The molecule has 7 heteroatoms. The zero-order valence-corrected chi connectivity index (χ0v) is 14.4. The predicted octanol–water partition coefficient (Wildman–Crippen LogP) is 2.12. The Morgan fingerprint density at radius 2 is 2.17 bits per heavy atom. The minimum Gasteiger partial charge on any atom is -0.310 e. The SMILES string of the molecule is Cc1cnn(CC(C)NCC(=O)Nc2ccnn2C2CCCC2)c1. The summed E-state index contributed by atoms with van der Waals surface area (Å²) in [4.78, 5) is 12.2. The average Bonchev–Trinajstić information content (AvgIpc) is 3.27. The van der Waals surface area contributed by atoms with Crippen molar-refractivity contribution >= 4 is 11.7 Å². The van der Waals surface area contributed by atoms with Crippen molar-refractivity contribution in [3.05, 3.63) is 30.2 Å². The molecule has 0 aliphatic heterocycles. The Kier molecular flexibility index (Phi) is 5.30. The smallest absolute Gasteiger partial charge is 0.239 e. The highest BCUT2D eigenvalue weighted by Gasteiger charge is 2.20. The summed E-state index contributed by atoms with van der Waals surface area (Å²) < 4.78 is 3.85. The number of anilines is 1. The van der Waals surface area contributed by atoms with Crippen LogP contribution < -0.4 is 10.6 Å². The minimum absolute atomic E-state index is 0.0433. The van der Waals surface area contributed by atoms with Gasteiger partial charge in [-0.15, -0.1) is 0 Å². The Bertz CT molecular complexity index is 670. The van der Waals surface area contributed by atoms with Crippen LogP contribution in [0.1, 0.15) is 44.2 Å². The molecule has 1 saturated carbocycles. The van der Waals surface area contributed by atoms with Gasteiger partial charge in [0.2, 0.25) is 5.91 Å². The maximum Gasteiger partial charge on any atom is 0.239 e. The Hall–Kier alpha value is -2.15. The molecule has 130 valence electrons. The van der Waals surface area contributed by atoms with Gasteiger partial charge in [-0.1, -0.05) is 12.8 Å². The van der Waals surface area contributed by atoms with Crippen LogP contribution in [0.15, 0.2) is 24.7 Å². The minimum atomic E-state index is -0.0433. The summed E-state index contributed by atoms with van der Waals surface area (Å²) in [6, 6.07) is 2.45. The Morgan fingerprint density at radius 3 is 2.88 bits per heavy atom. The lowest BCUT2D eigenvalue weighted by Crippen LogP contribution is -2.37. The van der Waals surface area contributed by atoms with E-state index in [1.807, 2.05) is 41.7 Å². The molecule has 0 radical (unpaired) electrons. The number of rotatable bonds is 7. The molecule has 1 aliphatic rings. The first-order chi connectivity index (χ1) is 11.6. The van der Waals surface area contributed by atoms with E-state index in [-0.39, 0.29) is 18.5 Å². The second-order valence-corrected chi connectivity index (χ2v) is 6.67. The summed E-state index contributed by atoms with van der Waals surface area (Å²) in [5, 5.41) is 14.8. The zero-order chi connectivity index (χ0) is 16.9. The number of aryl methyl sites for hydroxylation is 1. The molecule has 1 atom stereocenters. The normalized spacial score (nSPS) is 16.4.